The van der Waals surface area contributed by atoms with E-state index >= 15 is 0 Å². The molecule has 1 aliphatic heterocycles. The number of aliphatic carboxylic acids is 1. The molecule has 28 heavy (non-hydrogen) atoms. The third-order valence-electron chi connectivity index (χ3n) is 4.96. The molecule has 2 N–H and O–H groups in total. The van der Waals surface area contributed by atoms with Crippen molar-refractivity contribution in [2.24, 2.45) is 11.8 Å². The zero-order valence-corrected chi connectivity index (χ0v) is 16.8. The monoisotopic (exact) mass is 390 g/mol. The summed E-state index contributed by atoms with van der Waals surface area (Å²) >= 11 is 0. The molecular weight excluding hydrogens is 360 g/mol. The molecule has 2 amide bonds. The van der Waals surface area contributed by atoms with Crippen LogP contribution in [0.4, 0.5) is 5.69 Å². The number of carboxylic acid groups (broad SMARTS) is 1. The number of ether oxygens (including phenoxy) is 1. The summed E-state index contributed by atoms with van der Waals surface area (Å²) in [4.78, 5) is 37.4. The Morgan fingerprint density at radius 1 is 1.14 bits per heavy atom. The summed E-state index contributed by atoms with van der Waals surface area (Å²) in [6, 6.07) is 6.73. The molecule has 1 aromatic carbocycles. The topological polar surface area (TPSA) is 95.9 Å². The minimum Gasteiger partial charge on any atom is -0.481 e. The van der Waals surface area contributed by atoms with Gasteiger partial charge in [0.1, 0.15) is 6.10 Å². The van der Waals surface area contributed by atoms with Gasteiger partial charge in [0.2, 0.25) is 0 Å². The Balaban J connectivity index is 1.85. The Bertz CT molecular complexity index is 679. The van der Waals surface area contributed by atoms with E-state index in [4.69, 9.17) is 9.84 Å². The van der Waals surface area contributed by atoms with Crippen molar-refractivity contribution >= 4 is 23.5 Å². The molecule has 1 heterocycles. The molecular formula is C21H30N2O5. The van der Waals surface area contributed by atoms with Crippen LogP contribution in [0, 0.1) is 11.8 Å². The summed E-state index contributed by atoms with van der Waals surface area (Å²) < 4.78 is 5.54. The molecule has 0 aliphatic carbocycles. The number of rotatable bonds is 8. The van der Waals surface area contributed by atoms with Gasteiger partial charge in [-0.25, -0.2) is 0 Å². The first-order valence-electron chi connectivity index (χ1n) is 9.82. The fraction of sp³-hybridized carbons (Fsp3) is 0.571. The Morgan fingerprint density at radius 3 is 2.29 bits per heavy atom. The van der Waals surface area contributed by atoms with E-state index in [-0.39, 0.29) is 17.7 Å². The van der Waals surface area contributed by atoms with Gasteiger partial charge in [-0.15, -0.1) is 0 Å². The van der Waals surface area contributed by atoms with Crippen LogP contribution in [0.15, 0.2) is 24.3 Å². The first kappa shape index (κ1) is 21.9. The smallest absolute Gasteiger partial charge is 0.306 e. The predicted molar refractivity (Wildman–Crippen MR) is 106 cm³/mol. The van der Waals surface area contributed by atoms with Crippen molar-refractivity contribution in [3.8, 4) is 0 Å². The van der Waals surface area contributed by atoms with E-state index in [2.05, 4.69) is 19.2 Å². The number of benzene rings is 1. The summed E-state index contributed by atoms with van der Waals surface area (Å²) in [5.74, 6) is -0.984. The molecule has 1 fully saturated rings. The minimum absolute atomic E-state index is 0.118. The minimum atomic E-state index is -0.797. The molecule has 1 saturated heterocycles. The molecule has 0 spiro atoms. The number of carbonyl (C=O) groups is 3. The maximum absolute atomic E-state index is 12.6. The molecule has 1 aromatic rings. The predicted octanol–water partition coefficient (Wildman–Crippen LogP) is 3.01. The summed E-state index contributed by atoms with van der Waals surface area (Å²) in [6.45, 7) is 7.35. The largest absolute Gasteiger partial charge is 0.481 e. The van der Waals surface area contributed by atoms with Gasteiger partial charge in [0.25, 0.3) is 11.8 Å². The zero-order chi connectivity index (χ0) is 20.7. The van der Waals surface area contributed by atoms with Crippen LogP contribution in [-0.2, 0) is 14.3 Å². The number of carbonyl (C=O) groups excluding carboxylic acids is 2. The number of hydrogen-bond acceptors (Lipinski definition) is 4. The molecule has 0 bridgehead atoms. The van der Waals surface area contributed by atoms with Crippen LogP contribution in [0.1, 0.15) is 50.4 Å². The van der Waals surface area contributed by atoms with Crippen molar-refractivity contribution in [1.82, 2.24) is 4.90 Å². The van der Waals surface area contributed by atoms with Crippen LogP contribution in [0.25, 0.3) is 0 Å². The van der Waals surface area contributed by atoms with Gasteiger partial charge < -0.3 is 20.1 Å². The number of piperidine rings is 1. The zero-order valence-electron chi connectivity index (χ0n) is 16.8. The Labute approximate surface area is 166 Å². The van der Waals surface area contributed by atoms with Crippen molar-refractivity contribution in [3.05, 3.63) is 29.8 Å². The van der Waals surface area contributed by atoms with Crippen molar-refractivity contribution in [2.75, 3.05) is 25.0 Å². The highest BCUT2D eigenvalue weighted by Gasteiger charge is 2.27. The van der Waals surface area contributed by atoms with Crippen molar-refractivity contribution in [1.29, 1.82) is 0 Å². The van der Waals surface area contributed by atoms with Crippen LogP contribution in [-0.4, -0.2) is 53.6 Å². The molecule has 0 radical (unpaired) electrons. The lowest BCUT2D eigenvalue weighted by Gasteiger charge is -2.30. The quantitative estimate of drug-likeness (QED) is 0.711. The van der Waals surface area contributed by atoms with E-state index in [9.17, 15) is 14.4 Å². The first-order valence-corrected chi connectivity index (χ1v) is 9.82. The number of nitrogens with one attached hydrogen (secondary N) is 1. The molecule has 0 saturated carbocycles. The van der Waals surface area contributed by atoms with Crippen molar-refractivity contribution in [3.63, 3.8) is 0 Å². The van der Waals surface area contributed by atoms with E-state index in [1.807, 2.05) is 0 Å². The Hall–Kier alpha value is -2.41. The maximum Gasteiger partial charge on any atom is 0.306 e. The third-order valence-corrected chi connectivity index (χ3v) is 4.96. The van der Waals surface area contributed by atoms with Gasteiger partial charge in [-0.1, -0.05) is 13.8 Å². The summed E-state index contributed by atoms with van der Waals surface area (Å²) in [6.07, 6.45) is 1.31. The number of nitrogens with zero attached hydrogens (tertiary/aromatic N) is 1. The van der Waals surface area contributed by atoms with E-state index in [1.165, 1.54) is 0 Å². The number of carboxylic acids is 1. The molecule has 1 aliphatic rings. The van der Waals surface area contributed by atoms with Gasteiger partial charge in [0.05, 0.1) is 5.92 Å². The average Bonchev–Trinajstić information content (AvgIpc) is 2.67. The van der Waals surface area contributed by atoms with Gasteiger partial charge in [-0.3, -0.25) is 14.4 Å². The van der Waals surface area contributed by atoms with Crippen molar-refractivity contribution < 1.29 is 24.2 Å². The van der Waals surface area contributed by atoms with Crippen LogP contribution < -0.4 is 5.32 Å². The van der Waals surface area contributed by atoms with E-state index < -0.39 is 12.1 Å². The van der Waals surface area contributed by atoms with Crippen molar-refractivity contribution in [2.45, 2.75) is 46.1 Å². The standard InChI is InChI=1S/C21H30N2O5/c1-14(2)10-13-28-15(3)19(24)22-18-6-4-16(5-7-18)20(25)23-11-8-17(9-12-23)21(26)27/h4-7,14-15,17H,8-13H2,1-3H3,(H,22,24)(H,26,27). The second kappa shape index (κ2) is 10.2. The fourth-order valence-corrected chi connectivity index (χ4v) is 3.01. The number of hydrogen-bond donors (Lipinski definition) is 2. The Morgan fingerprint density at radius 2 is 1.75 bits per heavy atom. The van der Waals surface area contributed by atoms with Gasteiger partial charge in [-0.2, -0.15) is 0 Å². The highest BCUT2D eigenvalue weighted by atomic mass is 16.5. The average molecular weight is 390 g/mol. The second-order valence-electron chi connectivity index (χ2n) is 7.67. The summed E-state index contributed by atoms with van der Waals surface area (Å²) in [5, 5.41) is 11.8. The van der Waals surface area contributed by atoms with Gasteiger partial charge in [0.15, 0.2) is 0 Å². The lowest BCUT2D eigenvalue weighted by atomic mass is 9.96. The molecule has 154 valence electrons. The van der Waals surface area contributed by atoms with Crippen LogP contribution in [0.2, 0.25) is 0 Å². The van der Waals surface area contributed by atoms with E-state index in [0.29, 0.717) is 49.7 Å². The number of amides is 2. The molecule has 1 atom stereocenters. The van der Waals surface area contributed by atoms with E-state index in [0.717, 1.165) is 6.42 Å². The first-order chi connectivity index (χ1) is 13.3. The Kier molecular flexibility index (Phi) is 7.99. The summed E-state index contributed by atoms with van der Waals surface area (Å²) in [5.41, 5.74) is 1.12. The third kappa shape index (κ3) is 6.34. The van der Waals surface area contributed by atoms with Gasteiger partial charge >= 0.3 is 5.97 Å². The SMILES string of the molecule is CC(C)CCOC(C)C(=O)Nc1ccc(C(=O)N2CCC(C(=O)O)CC2)cc1. The van der Waals surface area contributed by atoms with Gasteiger partial charge in [-0.05, 0) is 56.4 Å². The molecule has 7 nitrogen and oxygen atoms in total. The molecule has 1 unspecified atom stereocenters. The lowest BCUT2D eigenvalue weighted by Crippen LogP contribution is -2.40. The lowest BCUT2D eigenvalue weighted by molar-refractivity contribution is -0.143. The van der Waals surface area contributed by atoms with Crippen LogP contribution in [0.5, 0.6) is 0 Å². The van der Waals surface area contributed by atoms with Crippen LogP contribution >= 0.6 is 0 Å². The van der Waals surface area contributed by atoms with Gasteiger partial charge in [0, 0.05) is 30.9 Å². The maximum atomic E-state index is 12.6. The fourth-order valence-electron chi connectivity index (χ4n) is 3.01. The normalized spacial score (nSPS) is 16.1. The van der Waals surface area contributed by atoms with Crippen LogP contribution in [0.3, 0.4) is 0 Å². The highest BCUT2D eigenvalue weighted by molar-refractivity contribution is 5.96. The summed E-state index contributed by atoms with van der Waals surface area (Å²) in [7, 11) is 0. The second-order valence-corrected chi connectivity index (χ2v) is 7.67. The number of likely N-dealkylation sites (tertiary alicyclic amines) is 1. The molecule has 0 aromatic heterocycles. The number of anilines is 1. The van der Waals surface area contributed by atoms with E-state index in [1.54, 1.807) is 36.1 Å². The molecule has 2 rings (SSSR count). The molecule has 7 heteroatoms. The highest BCUT2D eigenvalue weighted by Crippen LogP contribution is 2.20.